The molecule has 128 valence electrons. The molecule has 3 aromatic carbocycles. The van der Waals surface area contributed by atoms with Crippen molar-refractivity contribution in [2.75, 3.05) is 20.1 Å². The Balaban J connectivity index is 1.44. The highest BCUT2D eigenvalue weighted by Gasteiger charge is 2.06. The van der Waals surface area contributed by atoms with Crippen molar-refractivity contribution in [1.29, 1.82) is 0 Å². The van der Waals surface area contributed by atoms with Crippen molar-refractivity contribution in [2.45, 2.75) is 13.0 Å². The van der Waals surface area contributed by atoms with Gasteiger partial charge in [-0.1, -0.05) is 60.7 Å². The van der Waals surface area contributed by atoms with E-state index in [1.807, 2.05) is 42.5 Å². The number of rotatable bonds is 7. The van der Waals surface area contributed by atoms with Crippen LogP contribution in [-0.2, 0) is 6.54 Å². The number of benzene rings is 3. The van der Waals surface area contributed by atoms with Crippen molar-refractivity contribution in [1.82, 2.24) is 10.2 Å². The number of nitrogens with zero attached hydrogens (tertiary/aromatic N) is 1. The van der Waals surface area contributed by atoms with Gasteiger partial charge in [0.05, 0.1) is 0 Å². The quantitative estimate of drug-likeness (QED) is 0.661. The maximum Gasteiger partial charge on any atom is 0.251 e. The predicted octanol–water partition coefficient (Wildman–Crippen LogP) is 4.09. The lowest BCUT2D eigenvalue weighted by atomic mass is 10.1. The molecule has 1 amide bonds. The number of nitrogens with one attached hydrogen (secondary N) is 1. The van der Waals surface area contributed by atoms with Gasteiger partial charge >= 0.3 is 0 Å². The molecule has 0 aliphatic carbocycles. The summed E-state index contributed by atoms with van der Waals surface area (Å²) < 4.78 is 0. The minimum absolute atomic E-state index is 0.00327. The van der Waals surface area contributed by atoms with Crippen LogP contribution >= 0.6 is 0 Å². The molecule has 1 N–H and O–H groups in total. The predicted molar refractivity (Wildman–Crippen MR) is 104 cm³/mol. The molecule has 0 spiro atoms. The summed E-state index contributed by atoms with van der Waals surface area (Å²) in [5, 5.41) is 5.27. The van der Waals surface area contributed by atoms with Crippen LogP contribution in [0.5, 0.6) is 0 Å². The molecular weight excluding hydrogens is 308 g/mol. The molecule has 25 heavy (non-hydrogen) atoms. The van der Waals surface area contributed by atoms with Crippen LogP contribution in [0.25, 0.3) is 10.8 Å². The SMILES string of the molecule is CN(CCCNC(=O)c1ccc2ccccc2c1)Cc1ccccc1. The fourth-order valence-electron chi connectivity index (χ4n) is 2.96. The van der Waals surface area contributed by atoms with Gasteiger partial charge in [0.1, 0.15) is 0 Å². The van der Waals surface area contributed by atoms with E-state index in [0.29, 0.717) is 6.54 Å². The number of carbonyl (C=O) groups is 1. The molecule has 0 bridgehead atoms. The minimum atomic E-state index is -0.00327. The van der Waals surface area contributed by atoms with Crippen LogP contribution in [0.1, 0.15) is 22.3 Å². The molecule has 0 atom stereocenters. The standard InChI is InChI=1S/C22H24N2O/c1-24(17-18-8-3-2-4-9-18)15-7-14-23-22(25)21-13-12-19-10-5-6-11-20(19)16-21/h2-6,8-13,16H,7,14-15,17H2,1H3,(H,23,25). The summed E-state index contributed by atoms with van der Waals surface area (Å²) in [7, 11) is 2.11. The second kappa shape index (κ2) is 8.45. The van der Waals surface area contributed by atoms with Gasteiger partial charge in [-0.2, -0.15) is 0 Å². The molecule has 0 saturated heterocycles. The number of hydrogen-bond acceptors (Lipinski definition) is 2. The molecule has 0 saturated carbocycles. The van der Waals surface area contributed by atoms with Crippen LogP contribution in [0, 0.1) is 0 Å². The summed E-state index contributed by atoms with van der Waals surface area (Å²) >= 11 is 0. The van der Waals surface area contributed by atoms with E-state index in [9.17, 15) is 4.79 Å². The monoisotopic (exact) mass is 332 g/mol. The Labute approximate surface area is 149 Å². The first-order chi connectivity index (χ1) is 12.2. The second-order valence-electron chi connectivity index (χ2n) is 6.39. The van der Waals surface area contributed by atoms with Crippen molar-refractivity contribution in [2.24, 2.45) is 0 Å². The van der Waals surface area contributed by atoms with Gasteiger partial charge in [0.15, 0.2) is 0 Å². The van der Waals surface area contributed by atoms with E-state index in [2.05, 4.69) is 47.6 Å². The van der Waals surface area contributed by atoms with E-state index in [1.165, 1.54) is 5.56 Å². The van der Waals surface area contributed by atoms with Gasteiger partial charge < -0.3 is 10.2 Å². The van der Waals surface area contributed by atoms with Crippen molar-refractivity contribution in [3.63, 3.8) is 0 Å². The second-order valence-corrected chi connectivity index (χ2v) is 6.39. The Bertz CT molecular complexity index is 830. The summed E-state index contributed by atoms with van der Waals surface area (Å²) in [4.78, 5) is 14.6. The summed E-state index contributed by atoms with van der Waals surface area (Å²) in [6.45, 7) is 2.57. The van der Waals surface area contributed by atoms with Crippen LogP contribution in [0.3, 0.4) is 0 Å². The van der Waals surface area contributed by atoms with Gasteiger partial charge in [0.25, 0.3) is 5.91 Å². The summed E-state index contributed by atoms with van der Waals surface area (Å²) in [5.41, 5.74) is 2.03. The van der Waals surface area contributed by atoms with Crippen LogP contribution in [0.2, 0.25) is 0 Å². The van der Waals surface area contributed by atoms with E-state index in [0.717, 1.165) is 35.8 Å². The summed E-state index contributed by atoms with van der Waals surface area (Å²) in [6.07, 6.45) is 0.933. The fraction of sp³-hybridized carbons (Fsp3) is 0.227. The van der Waals surface area contributed by atoms with E-state index in [4.69, 9.17) is 0 Å². The molecule has 0 radical (unpaired) electrons. The highest BCUT2D eigenvalue weighted by molar-refractivity contribution is 5.98. The molecule has 3 aromatic rings. The first kappa shape index (κ1) is 17.2. The molecule has 0 aromatic heterocycles. The molecule has 0 aliphatic rings. The number of hydrogen-bond donors (Lipinski definition) is 1. The van der Waals surface area contributed by atoms with Gasteiger partial charge in [-0.3, -0.25) is 4.79 Å². The molecular formula is C22H24N2O. The van der Waals surface area contributed by atoms with Crippen LogP contribution in [0.15, 0.2) is 72.8 Å². The maximum atomic E-state index is 12.3. The number of amides is 1. The Morgan fingerprint density at radius 2 is 1.64 bits per heavy atom. The van der Waals surface area contributed by atoms with E-state index in [-0.39, 0.29) is 5.91 Å². The Hall–Kier alpha value is -2.65. The van der Waals surface area contributed by atoms with Gasteiger partial charge in [-0.15, -0.1) is 0 Å². The zero-order chi connectivity index (χ0) is 17.5. The van der Waals surface area contributed by atoms with Crippen molar-refractivity contribution in [3.8, 4) is 0 Å². The van der Waals surface area contributed by atoms with Gasteiger partial charge in [-0.05, 0) is 48.5 Å². The molecule has 0 unspecified atom stereocenters. The van der Waals surface area contributed by atoms with Gasteiger partial charge in [0, 0.05) is 18.7 Å². The van der Waals surface area contributed by atoms with Gasteiger partial charge in [0.2, 0.25) is 0 Å². The number of carbonyl (C=O) groups excluding carboxylic acids is 1. The molecule has 0 heterocycles. The normalized spacial score (nSPS) is 11.0. The first-order valence-corrected chi connectivity index (χ1v) is 8.72. The molecule has 0 aliphatic heterocycles. The van der Waals surface area contributed by atoms with Crippen LogP contribution < -0.4 is 5.32 Å². The largest absolute Gasteiger partial charge is 0.352 e. The molecule has 3 nitrogen and oxygen atoms in total. The third-order valence-electron chi connectivity index (χ3n) is 4.31. The first-order valence-electron chi connectivity index (χ1n) is 8.72. The molecule has 3 rings (SSSR count). The van der Waals surface area contributed by atoms with E-state index >= 15 is 0 Å². The highest BCUT2D eigenvalue weighted by atomic mass is 16.1. The third-order valence-corrected chi connectivity index (χ3v) is 4.31. The molecule has 0 fully saturated rings. The fourth-order valence-corrected chi connectivity index (χ4v) is 2.96. The molecule has 3 heteroatoms. The summed E-state index contributed by atoms with van der Waals surface area (Å²) in [5.74, 6) is -0.00327. The Morgan fingerprint density at radius 1 is 0.920 bits per heavy atom. The Kier molecular flexibility index (Phi) is 5.81. The summed E-state index contributed by atoms with van der Waals surface area (Å²) in [6, 6.07) is 24.4. The van der Waals surface area contributed by atoms with E-state index in [1.54, 1.807) is 0 Å². The lowest BCUT2D eigenvalue weighted by Crippen LogP contribution is -2.28. The number of fused-ring (bicyclic) bond motifs is 1. The van der Waals surface area contributed by atoms with E-state index < -0.39 is 0 Å². The average Bonchev–Trinajstić information content (AvgIpc) is 2.65. The topological polar surface area (TPSA) is 32.3 Å². The zero-order valence-electron chi connectivity index (χ0n) is 14.6. The zero-order valence-corrected chi connectivity index (χ0v) is 14.6. The van der Waals surface area contributed by atoms with Crippen molar-refractivity contribution < 1.29 is 4.79 Å². The average molecular weight is 332 g/mol. The smallest absolute Gasteiger partial charge is 0.251 e. The lowest BCUT2D eigenvalue weighted by Gasteiger charge is -2.16. The Morgan fingerprint density at radius 3 is 2.44 bits per heavy atom. The van der Waals surface area contributed by atoms with Crippen molar-refractivity contribution in [3.05, 3.63) is 83.9 Å². The maximum absolute atomic E-state index is 12.3. The van der Waals surface area contributed by atoms with Gasteiger partial charge in [-0.25, -0.2) is 0 Å². The third kappa shape index (κ3) is 4.91. The lowest BCUT2D eigenvalue weighted by molar-refractivity contribution is 0.0952. The van der Waals surface area contributed by atoms with Crippen LogP contribution in [-0.4, -0.2) is 30.9 Å². The van der Waals surface area contributed by atoms with Crippen LogP contribution in [0.4, 0.5) is 0 Å². The minimum Gasteiger partial charge on any atom is -0.352 e. The highest BCUT2D eigenvalue weighted by Crippen LogP contribution is 2.15. The van der Waals surface area contributed by atoms with Crippen molar-refractivity contribution >= 4 is 16.7 Å².